The van der Waals surface area contributed by atoms with Crippen molar-refractivity contribution in [3.05, 3.63) is 139 Å². The molecule has 8 rings (SSSR count). The summed E-state index contributed by atoms with van der Waals surface area (Å²) in [7, 11) is 0. The molecule has 0 N–H and O–H groups in total. The van der Waals surface area contributed by atoms with Crippen LogP contribution < -0.4 is 0 Å². The predicted molar refractivity (Wildman–Crippen MR) is 171 cm³/mol. The molecule has 2 aromatic heterocycles. The molecule has 1 nitrogen and oxygen atoms in total. The van der Waals surface area contributed by atoms with Crippen LogP contribution in [0.3, 0.4) is 0 Å². The molecule has 0 bridgehead atoms. The highest BCUT2D eigenvalue weighted by Gasteiger charge is 2.34. The summed E-state index contributed by atoms with van der Waals surface area (Å²) in [6.45, 7) is 4.73. The van der Waals surface area contributed by atoms with Crippen LogP contribution in [0.5, 0.6) is 0 Å². The number of rotatable bonds is 2. The van der Waals surface area contributed by atoms with Crippen molar-refractivity contribution in [2.45, 2.75) is 19.3 Å². The number of benzene rings is 5. The molecule has 1 aliphatic rings. The predicted octanol–water partition coefficient (Wildman–Crippen LogP) is 10.8. The molecular weight excluding hydrogens is 502 g/mol. The molecule has 0 saturated carbocycles. The third-order valence-corrected chi connectivity index (χ3v) is 9.89. The average molecular weight is 530 g/mol. The van der Waals surface area contributed by atoms with E-state index in [1.807, 2.05) is 29.8 Å². The molecule has 0 saturated heterocycles. The van der Waals surface area contributed by atoms with Crippen molar-refractivity contribution in [3.63, 3.8) is 0 Å². The van der Waals surface area contributed by atoms with Gasteiger partial charge in [0.25, 0.3) is 0 Å². The van der Waals surface area contributed by atoms with E-state index in [0.29, 0.717) is 0 Å². The normalized spacial score (nSPS) is 13.4. The Kier molecular flexibility index (Phi) is 5.11. The Morgan fingerprint density at radius 2 is 1.12 bits per heavy atom. The zero-order valence-electron chi connectivity index (χ0n) is 22.5. The van der Waals surface area contributed by atoms with Gasteiger partial charge >= 0.3 is 0 Å². The van der Waals surface area contributed by atoms with Crippen LogP contribution in [-0.2, 0) is 5.41 Å². The van der Waals surface area contributed by atoms with Crippen LogP contribution in [0.1, 0.15) is 25.0 Å². The third-order valence-electron chi connectivity index (χ3n) is 8.62. The van der Waals surface area contributed by atoms with Crippen LogP contribution in [0.25, 0.3) is 64.7 Å². The summed E-state index contributed by atoms with van der Waals surface area (Å²) in [5, 5.41) is 3.85. The Bertz CT molecular complexity index is 2080. The Morgan fingerprint density at radius 3 is 1.88 bits per heavy atom. The molecule has 5 aromatic carbocycles. The summed E-state index contributed by atoms with van der Waals surface area (Å²) in [5.41, 5.74) is 11.7. The fourth-order valence-electron chi connectivity index (χ4n) is 6.72. The van der Waals surface area contributed by atoms with Crippen LogP contribution in [0.2, 0.25) is 0 Å². The van der Waals surface area contributed by atoms with Gasteiger partial charge in [0.05, 0.1) is 0 Å². The second kappa shape index (κ2) is 8.74. The molecule has 0 spiro atoms. The van der Waals surface area contributed by atoms with E-state index in [1.165, 1.54) is 70.2 Å². The lowest BCUT2D eigenvalue weighted by molar-refractivity contribution is 0.646. The molecule has 7 aromatic rings. The molecule has 0 atom stereocenters. The molecule has 1 aliphatic carbocycles. The first-order valence-electron chi connectivity index (χ1n) is 13.8. The summed E-state index contributed by atoms with van der Waals surface area (Å²) in [6, 6.07) is 42.4. The van der Waals surface area contributed by atoms with Crippen LogP contribution >= 0.6 is 11.3 Å². The molecular formula is C38H27NS. The van der Waals surface area contributed by atoms with E-state index in [1.54, 1.807) is 0 Å². The van der Waals surface area contributed by atoms with Gasteiger partial charge in [-0.15, -0.1) is 11.3 Å². The van der Waals surface area contributed by atoms with Crippen molar-refractivity contribution in [1.29, 1.82) is 0 Å². The zero-order valence-corrected chi connectivity index (χ0v) is 23.3. The van der Waals surface area contributed by atoms with Gasteiger partial charge in [-0.2, -0.15) is 0 Å². The van der Waals surface area contributed by atoms with E-state index in [0.717, 1.165) is 5.56 Å². The fraction of sp³-hybridized carbons (Fsp3) is 0.0789. The number of hydrogen-bond acceptors (Lipinski definition) is 2. The molecule has 0 amide bonds. The standard InChI is InChI=1S/C38H27NS/c1-38(2)33-20-5-3-12-30(33)35-32-19-9-18-29(36(32)40-37(35)31-13-4-6-21-34(31)38)28-17-8-15-26-25(14-7-16-27(26)28)24-11-10-22-39-23-24/h3-23H,1-2H3. The van der Waals surface area contributed by atoms with Crippen molar-refractivity contribution in [3.8, 4) is 43.8 Å². The second-order valence-corrected chi connectivity index (χ2v) is 12.2. The SMILES string of the molecule is CC1(C)c2ccccc2-c2sc3c(-c4cccc5c(-c6cccnc6)cccc45)cccc3c2-c2ccccc21. The van der Waals surface area contributed by atoms with E-state index in [9.17, 15) is 0 Å². The summed E-state index contributed by atoms with van der Waals surface area (Å²) >= 11 is 1.94. The third kappa shape index (κ3) is 3.30. The van der Waals surface area contributed by atoms with Gasteiger partial charge in [0.2, 0.25) is 0 Å². The average Bonchev–Trinajstić information content (AvgIpc) is 3.37. The monoisotopic (exact) mass is 529 g/mol. The van der Waals surface area contributed by atoms with E-state index >= 15 is 0 Å². The topological polar surface area (TPSA) is 12.9 Å². The minimum Gasteiger partial charge on any atom is -0.264 e. The largest absolute Gasteiger partial charge is 0.264 e. The van der Waals surface area contributed by atoms with Gasteiger partial charge in [-0.3, -0.25) is 4.98 Å². The lowest BCUT2D eigenvalue weighted by Gasteiger charge is -2.28. The molecule has 40 heavy (non-hydrogen) atoms. The van der Waals surface area contributed by atoms with Gasteiger partial charge in [0.1, 0.15) is 0 Å². The molecule has 190 valence electrons. The highest BCUT2D eigenvalue weighted by atomic mass is 32.1. The molecule has 2 heteroatoms. The summed E-state index contributed by atoms with van der Waals surface area (Å²) in [5.74, 6) is 0. The molecule has 2 heterocycles. The first-order chi connectivity index (χ1) is 19.6. The minimum atomic E-state index is -0.0891. The Hall–Kier alpha value is -4.53. The smallest absolute Gasteiger partial charge is 0.0437 e. The second-order valence-electron chi connectivity index (χ2n) is 11.2. The van der Waals surface area contributed by atoms with Crippen LogP contribution in [0, 0.1) is 0 Å². The first-order valence-corrected chi connectivity index (χ1v) is 14.6. The maximum atomic E-state index is 4.38. The van der Waals surface area contributed by atoms with Crippen LogP contribution in [-0.4, -0.2) is 4.98 Å². The number of hydrogen-bond donors (Lipinski definition) is 0. The Morgan fingerprint density at radius 1 is 0.525 bits per heavy atom. The number of nitrogens with zero attached hydrogens (tertiary/aromatic N) is 1. The molecule has 0 unspecified atom stereocenters. The Balaban J connectivity index is 1.45. The van der Waals surface area contributed by atoms with Crippen LogP contribution in [0.15, 0.2) is 128 Å². The number of thiophene rings is 1. The van der Waals surface area contributed by atoms with E-state index in [4.69, 9.17) is 0 Å². The highest BCUT2D eigenvalue weighted by Crippen LogP contribution is 2.55. The van der Waals surface area contributed by atoms with E-state index < -0.39 is 0 Å². The van der Waals surface area contributed by atoms with Crippen molar-refractivity contribution >= 4 is 32.2 Å². The van der Waals surface area contributed by atoms with Crippen molar-refractivity contribution < 1.29 is 0 Å². The van der Waals surface area contributed by atoms with Crippen molar-refractivity contribution in [2.24, 2.45) is 0 Å². The van der Waals surface area contributed by atoms with E-state index in [-0.39, 0.29) is 5.41 Å². The number of pyridine rings is 1. The minimum absolute atomic E-state index is 0.0891. The molecule has 0 radical (unpaired) electrons. The van der Waals surface area contributed by atoms with Gasteiger partial charge in [0, 0.05) is 49.5 Å². The zero-order chi connectivity index (χ0) is 26.8. The van der Waals surface area contributed by atoms with Gasteiger partial charge in [-0.05, 0) is 50.2 Å². The van der Waals surface area contributed by atoms with Gasteiger partial charge in [-0.25, -0.2) is 0 Å². The molecule has 0 aliphatic heterocycles. The van der Waals surface area contributed by atoms with Crippen molar-refractivity contribution in [2.75, 3.05) is 0 Å². The van der Waals surface area contributed by atoms with Gasteiger partial charge in [0.15, 0.2) is 0 Å². The summed E-state index contributed by atoms with van der Waals surface area (Å²) in [4.78, 5) is 5.75. The Labute approximate surface area is 238 Å². The first kappa shape index (κ1) is 23.4. The lowest BCUT2D eigenvalue weighted by atomic mass is 9.75. The summed E-state index contributed by atoms with van der Waals surface area (Å²) < 4.78 is 1.34. The fourth-order valence-corrected chi connectivity index (χ4v) is 8.11. The van der Waals surface area contributed by atoms with Gasteiger partial charge < -0.3 is 0 Å². The summed E-state index contributed by atoms with van der Waals surface area (Å²) in [6.07, 6.45) is 3.79. The lowest BCUT2D eigenvalue weighted by Crippen LogP contribution is -2.19. The number of aromatic nitrogens is 1. The molecule has 0 fully saturated rings. The maximum Gasteiger partial charge on any atom is 0.0437 e. The number of fused-ring (bicyclic) bond motifs is 8. The quantitative estimate of drug-likeness (QED) is 0.217. The van der Waals surface area contributed by atoms with Crippen molar-refractivity contribution in [1.82, 2.24) is 4.98 Å². The van der Waals surface area contributed by atoms with E-state index in [2.05, 4.69) is 128 Å². The van der Waals surface area contributed by atoms with Gasteiger partial charge in [-0.1, -0.05) is 123 Å². The maximum absolute atomic E-state index is 4.38. The highest BCUT2D eigenvalue weighted by molar-refractivity contribution is 7.23. The van der Waals surface area contributed by atoms with Crippen LogP contribution in [0.4, 0.5) is 0 Å².